The molecule has 5 saturated heterocycles. The van der Waals surface area contributed by atoms with Crippen LogP contribution < -0.4 is 0 Å². The molecule has 5 heterocycles. The van der Waals surface area contributed by atoms with Gasteiger partial charge in [-0.2, -0.15) is 0 Å². The van der Waals surface area contributed by atoms with Crippen molar-refractivity contribution in [2.75, 3.05) is 19.8 Å². The second-order valence-corrected chi connectivity index (χ2v) is 23.2. The molecule has 8 fully saturated rings. The Labute approximate surface area is 422 Å². The highest BCUT2D eigenvalue weighted by Crippen LogP contribution is 2.70. The van der Waals surface area contributed by atoms with Crippen LogP contribution >= 0.6 is 0 Å². The first kappa shape index (κ1) is 56.5. The van der Waals surface area contributed by atoms with Gasteiger partial charge in [0.05, 0.1) is 32.0 Å². The zero-order valence-corrected chi connectivity index (χ0v) is 41.6. The molecule has 0 amide bonds. The van der Waals surface area contributed by atoms with Crippen LogP contribution in [0.3, 0.4) is 0 Å². The van der Waals surface area contributed by atoms with Crippen molar-refractivity contribution < 1.29 is 119 Å². The molecular weight excluding hydrogens is 973 g/mol. The Bertz CT molecular complexity index is 1900. The molecule has 0 aromatic rings. The number of aliphatic hydroxyl groups is 15. The van der Waals surface area contributed by atoms with Crippen molar-refractivity contribution in [1.82, 2.24) is 0 Å². The fourth-order valence-electron chi connectivity index (χ4n) is 14.6. The lowest BCUT2D eigenvalue weighted by atomic mass is 9.47. The summed E-state index contributed by atoms with van der Waals surface area (Å²) in [6.45, 7) is 7.49. The van der Waals surface area contributed by atoms with E-state index in [1.165, 1.54) is 5.57 Å². The monoisotopic (exact) mass is 1050 g/mol. The maximum absolute atomic E-state index is 12.1. The van der Waals surface area contributed by atoms with E-state index in [4.69, 9.17) is 42.6 Å². The minimum atomic E-state index is -2.01. The van der Waals surface area contributed by atoms with E-state index in [0.29, 0.717) is 43.4 Å². The first-order chi connectivity index (χ1) is 34.5. The maximum atomic E-state index is 12.1. The molecule has 3 saturated carbocycles. The highest BCUT2D eigenvalue weighted by molar-refractivity contribution is 5.26. The molecule has 4 aliphatic carbocycles. The molecule has 0 aromatic carbocycles. The lowest BCUT2D eigenvalue weighted by Gasteiger charge is -2.58. The fourth-order valence-corrected chi connectivity index (χ4v) is 14.6. The van der Waals surface area contributed by atoms with Crippen LogP contribution in [0.5, 0.6) is 0 Å². The zero-order valence-electron chi connectivity index (χ0n) is 41.6. The van der Waals surface area contributed by atoms with Gasteiger partial charge in [-0.1, -0.05) is 39.3 Å². The van der Waals surface area contributed by atoms with Crippen LogP contribution in [0.25, 0.3) is 0 Å². The third-order valence-electron chi connectivity index (χ3n) is 18.9. The van der Waals surface area contributed by atoms with Crippen LogP contribution in [-0.4, -0.2) is 238 Å². The minimum absolute atomic E-state index is 0.0869. The van der Waals surface area contributed by atoms with Crippen LogP contribution in [0.15, 0.2) is 11.6 Å². The van der Waals surface area contributed by atoms with Gasteiger partial charge in [0.25, 0.3) is 0 Å². The van der Waals surface area contributed by atoms with E-state index < -0.39 is 148 Å². The predicted octanol–water partition coefficient (Wildman–Crippen LogP) is -4.12. The number of ether oxygens (including phenoxy) is 9. The SMILES string of the molecule is CC(CCC1(O)OC2CC3C4CC=C5CC(OC6OC(CO)C(OC7OC(O)C(O)C(O)C7O)C(O)C6OC6OC(O)C(O)C(O)C6O)CCC5(C)C4CCC3(C)C2C1C)COC1OC(CO)C(O)C(O)C1O. The highest BCUT2D eigenvalue weighted by Gasteiger charge is 2.68. The van der Waals surface area contributed by atoms with E-state index in [9.17, 15) is 76.6 Å². The van der Waals surface area contributed by atoms with Crippen LogP contribution in [0.4, 0.5) is 0 Å². The Morgan fingerprint density at radius 1 is 0.644 bits per heavy atom. The smallest absolute Gasteiger partial charge is 0.189 e. The van der Waals surface area contributed by atoms with Crippen LogP contribution in [-0.2, 0) is 42.6 Å². The first-order valence-corrected chi connectivity index (χ1v) is 26.1. The van der Waals surface area contributed by atoms with Crippen LogP contribution in [0.1, 0.15) is 85.5 Å². The predicted molar refractivity (Wildman–Crippen MR) is 242 cm³/mol. The Kier molecular flexibility index (Phi) is 16.9. The summed E-state index contributed by atoms with van der Waals surface area (Å²) in [5.74, 6) is -0.424. The molecule has 420 valence electrons. The van der Waals surface area contributed by atoms with E-state index in [0.717, 1.165) is 32.1 Å². The molecule has 9 rings (SSSR count). The summed E-state index contributed by atoms with van der Waals surface area (Å²) in [4.78, 5) is 0. The molecule has 15 N–H and O–H groups in total. The van der Waals surface area contributed by atoms with Gasteiger partial charge in [0.1, 0.15) is 85.5 Å². The van der Waals surface area contributed by atoms with Gasteiger partial charge in [0, 0.05) is 12.3 Å². The first-order valence-electron chi connectivity index (χ1n) is 26.1. The second kappa shape index (κ2) is 21.8. The average Bonchev–Trinajstić information content (AvgIpc) is 3.80. The molecule has 73 heavy (non-hydrogen) atoms. The normalized spacial score (nSPS) is 55.5. The third-order valence-corrected chi connectivity index (χ3v) is 18.9. The van der Waals surface area contributed by atoms with Gasteiger partial charge in [-0.05, 0) is 91.8 Å². The number of allylic oxidation sites excluding steroid dienone is 1. The summed E-state index contributed by atoms with van der Waals surface area (Å²) in [6.07, 6.45) is -26.3. The molecule has 0 aromatic heterocycles. The van der Waals surface area contributed by atoms with E-state index in [1.54, 1.807) is 0 Å². The summed E-state index contributed by atoms with van der Waals surface area (Å²) < 4.78 is 53.0. The summed E-state index contributed by atoms with van der Waals surface area (Å²) in [6, 6.07) is 0. The van der Waals surface area contributed by atoms with E-state index in [2.05, 4.69) is 26.8 Å². The van der Waals surface area contributed by atoms with Crippen molar-refractivity contribution in [3.05, 3.63) is 11.6 Å². The van der Waals surface area contributed by atoms with Gasteiger partial charge in [-0.3, -0.25) is 0 Å². The van der Waals surface area contributed by atoms with Gasteiger partial charge in [-0.15, -0.1) is 0 Å². The molecule has 0 spiro atoms. The zero-order chi connectivity index (χ0) is 52.8. The molecule has 0 bridgehead atoms. The molecule has 9 aliphatic rings. The number of aliphatic hydroxyl groups excluding tert-OH is 14. The van der Waals surface area contributed by atoms with E-state index in [1.807, 2.05) is 6.92 Å². The number of rotatable bonds is 14. The summed E-state index contributed by atoms with van der Waals surface area (Å²) in [5, 5.41) is 158. The lowest BCUT2D eigenvalue weighted by Crippen LogP contribution is -2.67. The minimum Gasteiger partial charge on any atom is -0.394 e. The Hall–Kier alpha value is -1.22. The molecule has 31 atom stereocenters. The number of hydrogen-bond donors (Lipinski definition) is 15. The van der Waals surface area contributed by atoms with Gasteiger partial charge in [0.2, 0.25) is 0 Å². The van der Waals surface area contributed by atoms with Gasteiger partial charge < -0.3 is 119 Å². The summed E-state index contributed by atoms with van der Waals surface area (Å²) in [7, 11) is 0. The lowest BCUT2D eigenvalue weighted by molar-refractivity contribution is -0.405. The average molecular weight is 1050 g/mol. The molecule has 24 nitrogen and oxygen atoms in total. The Morgan fingerprint density at radius 3 is 1.86 bits per heavy atom. The van der Waals surface area contributed by atoms with E-state index in [-0.39, 0.29) is 41.3 Å². The van der Waals surface area contributed by atoms with Crippen LogP contribution in [0, 0.1) is 46.3 Å². The Balaban J connectivity index is 0.846. The van der Waals surface area contributed by atoms with Gasteiger partial charge in [0.15, 0.2) is 43.5 Å². The molecular formula is C49H80O24. The maximum Gasteiger partial charge on any atom is 0.189 e. The van der Waals surface area contributed by atoms with Crippen molar-refractivity contribution in [1.29, 1.82) is 0 Å². The molecule has 24 heteroatoms. The van der Waals surface area contributed by atoms with Crippen molar-refractivity contribution in [2.24, 2.45) is 46.3 Å². The summed E-state index contributed by atoms with van der Waals surface area (Å²) in [5.41, 5.74) is 0.934. The third kappa shape index (κ3) is 10.1. The standard InChI is InChI=1S/C49H80O24/c1-18(17-65-43-35(58)30(53)29(52)26(15-50)67-43)7-12-49(64)19(2)28-25(73-49)14-24-22-6-5-20-13-21(8-10-47(20,3)23(22)9-11-48(24,28)4)66-46-40(70-45-37(60)32(55)34(57)42(63)72-45)38(61)39(27(16-51)68-46)69-44-36(59)31(54)33(56)41(62)71-44/h5,18-19,21-46,50-64H,6-17H2,1-4H3. The van der Waals surface area contributed by atoms with Gasteiger partial charge >= 0.3 is 0 Å². The quantitative estimate of drug-likeness (QED) is 0.0735. The van der Waals surface area contributed by atoms with Crippen molar-refractivity contribution in [3.63, 3.8) is 0 Å². The van der Waals surface area contributed by atoms with Crippen molar-refractivity contribution >= 4 is 0 Å². The van der Waals surface area contributed by atoms with Crippen molar-refractivity contribution in [2.45, 2.75) is 227 Å². The fraction of sp³-hybridized carbons (Fsp3) is 0.959. The second-order valence-electron chi connectivity index (χ2n) is 23.2. The largest absolute Gasteiger partial charge is 0.394 e. The molecule has 31 unspecified atom stereocenters. The number of fused-ring (bicyclic) bond motifs is 7. The van der Waals surface area contributed by atoms with E-state index >= 15 is 0 Å². The molecule has 5 aliphatic heterocycles. The topological polar surface area (TPSA) is 387 Å². The Morgan fingerprint density at radius 2 is 1.23 bits per heavy atom. The molecule has 0 radical (unpaired) electrons. The number of hydrogen-bond acceptors (Lipinski definition) is 24. The van der Waals surface area contributed by atoms with Crippen molar-refractivity contribution in [3.8, 4) is 0 Å². The highest BCUT2D eigenvalue weighted by atomic mass is 16.8. The van der Waals surface area contributed by atoms with Crippen LogP contribution in [0.2, 0.25) is 0 Å². The summed E-state index contributed by atoms with van der Waals surface area (Å²) >= 11 is 0. The van der Waals surface area contributed by atoms with Gasteiger partial charge in [-0.25, -0.2) is 0 Å².